The van der Waals surface area contributed by atoms with Crippen LogP contribution >= 0.6 is 0 Å². The van der Waals surface area contributed by atoms with Crippen molar-refractivity contribution in [1.29, 1.82) is 0 Å². The van der Waals surface area contributed by atoms with Gasteiger partial charge in [-0.05, 0) is 17.9 Å². The number of amides is 1. The lowest BCUT2D eigenvalue weighted by Crippen LogP contribution is -2.25. The smallest absolute Gasteiger partial charge is 0.224 e. The summed E-state index contributed by atoms with van der Waals surface area (Å²) in [5.41, 5.74) is 5.85. The van der Waals surface area contributed by atoms with Crippen LogP contribution in [0.3, 0.4) is 0 Å². The second-order valence-corrected chi connectivity index (χ2v) is 11.1. The number of carbonyl (C=O) groups is 1. The van der Waals surface area contributed by atoms with Crippen molar-refractivity contribution in [3.8, 4) is 22.5 Å². The number of ether oxygens (including phenoxy) is 1. The molecule has 0 radical (unpaired) electrons. The van der Waals surface area contributed by atoms with E-state index in [2.05, 4.69) is 76.9 Å². The molecular weight excluding hydrogens is 518 g/mol. The van der Waals surface area contributed by atoms with Crippen molar-refractivity contribution in [2.45, 2.75) is 18.8 Å². The first kappa shape index (κ1) is 27.8. The minimum absolute atomic E-state index is 0.0220. The third-order valence-corrected chi connectivity index (χ3v) is 8.37. The second kappa shape index (κ2) is 13.1. The second-order valence-electron chi connectivity index (χ2n) is 11.1. The molecule has 2 heterocycles. The molecule has 2 atom stereocenters. The Labute approximate surface area is 248 Å². The standard InChI is InChI=1S/C37H37N3O2/c1-42-24-23-40-25-30(33(26-40)27-13-5-2-6-14-27)21-22-34(41)38-37-32-20-12-11-19-31(32)35(28-15-7-3-8-16-28)39-36(37)29-17-9-4-10-18-29/h2-20,30,33H,21-26H2,1H3,(H,38,41)/t30-,33+/m1/s1. The van der Waals surface area contributed by atoms with Crippen LogP contribution in [0.25, 0.3) is 33.3 Å². The fourth-order valence-electron chi connectivity index (χ4n) is 6.26. The molecule has 5 aromatic rings. The minimum Gasteiger partial charge on any atom is -0.383 e. The van der Waals surface area contributed by atoms with Gasteiger partial charge in [0.05, 0.1) is 23.7 Å². The summed E-state index contributed by atoms with van der Waals surface area (Å²) in [5.74, 6) is 0.830. The van der Waals surface area contributed by atoms with Crippen LogP contribution in [0.15, 0.2) is 115 Å². The molecule has 1 fully saturated rings. The Morgan fingerprint density at radius 2 is 1.38 bits per heavy atom. The third-order valence-electron chi connectivity index (χ3n) is 8.37. The number of rotatable bonds is 10. The summed E-state index contributed by atoms with van der Waals surface area (Å²) in [6, 6.07) is 39.3. The molecule has 5 nitrogen and oxygen atoms in total. The number of hydrogen-bond acceptors (Lipinski definition) is 4. The predicted molar refractivity (Wildman–Crippen MR) is 171 cm³/mol. The van der Waals surface area contributed by atoms with Gasteiger partial charge < -0.3 is 15.0 Å². The molecule has 42 heavy (non-hydrogen) atoms. The molecule has 5 heteroatoms. The number of benzene rings is 4. The number of pyridine rings is 1. The van der Waals surface area contributed by atoms with Gasteiger partial charge in [0.2, 0.25) is 5.91 Å². The minimum atomic E-state index is 0.0220. The van der Waals surface area contributed by atoms with Crippen molar-refractivity contribution in [1.82, 2.24) is 9.88 Å². The summed E-state index contributed by atoms with van der Waals surface area (Å²) in [6.07, 6.45) is 1.28. The van der Waals surface area contributed by atoms with E-state index in [9.17, 15) is 4.79 Å². The zero-order valence-corrected chi connectivity index (χ0v) is 24.1. The first-order valence-corrected chi connectivity index (χ1v) is 14.8. The number of anilines is 1. The van der Waals surface area contributed by atoms with Gasteiger partial charge >= 0.3 is 0 Å². The summed E-state index contributed by atoms with van der Waals surface area (Å²) < 4.78 is 5.35. The molecular formula is C37H37N3O2. The van der Waals surface area contributed by atoms with Crippen LogP contribution in [0.5, 0.6) is 0 Å². The van der Waals surface area contributed by atoms with Gasteiger partial charge in [-0.2, -0.15) is 0 Å². The number of methoxy groups -OCH3 is 1. The zero-order chi connectivity index (χ0) is 28.7. The van der Waals surface area contributed by atoms with Gasteiger partial charge in [0.1, 0.15) is 0 Å². The maximum absolute atomic E-state index is 13.7. The summed E-state index contributed by atoms with van der Waals surface area (Å²) in [5, 5.41) is 5.33. The van der Waals surface area contributed by atoms with Gasteiger partial charge in [-0.15, -0.1) is 0 Å². The lowest BCUT2D eigenvalue weighted by Gasteiger charge is -2.20. The van der Waals surface area contributed by atoms with E-state index in [0.29, 0.717) is 18.3 Å². The molecule has 0 saturated carbocycles. The van der Waals surface area contributed by atoms with Crippen molar-refractivity contribution in [2.24, 2.45) is 5.92 Å². The first-order chi connectivity index (χ1) is 20.7. The van der Waals surface area contributed by atoms with E-state index in [1.807, 2.05) is 48.5 Å². The highest BCUT2D eigenvalue weighted by molar-refractivity contribution is 6.10. The van der Waals surface area contributed by atoms with Crippen LogP contribution in [-0.2, 0) is 9.53 Å². The van der Waals surface area contributed by atoms with E-state index < -0.39 is 0 Å². The highest BCUT2D eigenvalue weighted by atomic mass is 16.5. The van der Waals surface area contributed by atoms with Crippen molar-refractivity contribution >= 4 is 22.4 Å². The zero-order valence-electron chi connectivity index (χ0n) is 24.1. The molecule has 1 aromatic heterocycles. The van der Waals surface area contributed by atoms with E-state index >= 15 is 0 Å². The maximum atomic E-state index is 13.7. The Kier molecular flexibility index (Phi) is 8.69. The number of aromatic nitrogens is 1. The molecule has 1 amide bonds. The van der Waals surface area contributed by atoms with Crippen molar-refractivity contribution in [2.75, 3.05) is 38.7 Å². The van der Waals surface area contributed by atoms with Crippen molar-refractivity contribution in [3.63, 3.8) is 0 Å². The van der Waals surface area contributed by atoms with E-state index in [0.717, 1.165) is 71.6 Å². The molecule has 0 bridgehead atoms. The Bertz CT molecular complexity index is 1620. The highest BCUT2D eigenvalue weighted by Gasteiger charge is 2.33. The van der Waals surface area contributed by atoms with Crippen LogP contribution in [-0.4, -0.2) is 49.1 Å². The fourth-order valence-corrected chi connectivity index (χ4v) is 6.26. The molecule has 1 saturated heterocycles. The Balaban J connectivity index is 1.29. The quantitative estimate of drug-likeness (QED) is 0.192. The summed E-state index contributed by atoms with van der Waals surface area (Å²) in [6.45, 7) is 3.60. The van der Waals surface area contributed by atoms with E-state index in [4.69, 9.17) is 9.72 Å². The molecule has 1 N–H and O–H groups in total. The average Bonchev–Trinajstić information content (AvgIpc) is 3.47. The number of hydrogen-bond donors (Lipinski definition) is 1. The van der Waals surface area contributed by atoms with E-state index in [1.165, 1.54) is 5.56 Å². The number of nitrogens with one attached hydrogen (secondary N) is 1. The van der Waals surface area contributed by atoms with Crippen LogP contribution in [0, 0.1) is 5.92 Å². The van der Waals surface area contributed by atoms with Crippen LogP contribution in [0.4, 0.5) is 5.69 Å². The summed E-state index contributed by atoms with van der Waals surface area (Å²) in [4.78, 5) is 21.3. The van der Waals surface area contributed by atoms with Gasteiger partial charge in [0.25, 0.3) is 0 Å². The lowest BCUT2D eigenvalue weighted by molar-refractivity contribution is -0.116. The van der Waals surface area contributed by atoms with Gasteiger partial charge in [0, 0.05) is 61.0 Å². The van der Waals surface area contributed by atoms with Crippen LogP contribution < -0.4 is 5.32 Å². The fraction of sp³-hybridized carbons (Fsp3) is 0.243. The van der Waals surface area contributed by atoms with Gasteiger partial charge in [-0.3, -0.25) is 4.79 Å². The largest absolute Gasteiger partial charge is 0.383 e. The molecule has 1 aliphatic heterocycles. The SMILES string of the molecule is COCCN1C[C@@H](CCC(=O)Nc2c(-c3ccccc3)nc(-c3ccccc3)c3ccccc23)[C@H](c2ccccc2)C1. The number of likely N-dealkylation sites (tertiary alicyclic amines) is 1. The van der Waals surface area contributed by atoms with Crippen LogP contribution in [0.1, 0.15) is 24.3 Å². The molecule has 6 rings (SSSR count). The average molecular weight is 556 g/mol. The van der Waals surface area contributed by atoms with Gasteiger partial charge in [-0.25, -0.2) is 4.98 Å². The molecule has 4 aromatic carbocycles. The number of fused-ring (bicyclic) bond motifs is 1. The Hall–Kier alpha value is -4.32. The molecule has 0 spiro atoms. The van der Waals surface area contributed by atoms with Gasteiger partial charge in [-0.1, -0.05) is 115 Å². The maximum Gasteiger partial charge on any atom is 0.224 e. The lowest BCUT2D eigenvalue weighted by atomic mass is 9.86. The molecule has 1 aliphatic rings. The molecule has 0 unspecified atom stereocenters. The Morgan fingerprint density at radius 1 is 0.786 bits per heavy atom. The number of nitrogens with zero attached hydrogens (tertiary/aromatic N) is 2. The van der Waals surface area contributed by atoms with Crippen molar-refractivity contribution in [3.05, 3.63) is 121 Å². The van der Waals surface area contributed by atoms with Gasteiger partial charge in [0.15, 0.2) is 0 Å². The first-order valence-electron chi connectivity index (χ1n) is 14.8. The summed E-state index contributed by atoms with van der Waals surface area (Å²) >= 11 is 0. The highest BCUT2D eigenvalue weighted by Crippen LogP contribution is 2.39. The molecule has 212 valence electrons. The summed E-state index contributed by atoms with van der Waals surface area (Å²) in [7, 11) is 1.75. The van der Waals surface area contributed by atoms with E-state index in [-0.39, 0.29) is 5.91 Å². The topological polar surface area (TPSA) is 54.5 Å². The van der Waals surface area contributed by atoms with Crippen molar-refractivity contribution < 1.29 is 9.53 Å². The number of carbonyl (C=O) groups excluding carboxylic acids is 1. The van der Waals surface area contributed by atoms with Crippen LogP contribution in [0.2, 0.25) is 0 Å². The normalized spacial score (nSPS) is 17.0. The monoisotopic (exact) mass is 555 g/mol. The third kappa shape index (κ3) is 6.13. The molecule has 0 aliphatic carbocycles. The Morgan fingerprint density at radius 3 is 2.05 bits per heavy atom. The van der Waals surface area contributed by atoms with E-state index in [1.54, 1.807) is 7.11 Å². The predicted octanol–water partition coefficient (Wildman–Crippen LogP) is 7.65.